The predicted octanol–water partition coefficient (Wildman–Crippen LogP) is 3.46. The number of pyridine rings is 1. The molecule has 4 rings (SSSR count). The van der Waals surface area contributed by atoms with Crippen LogP contribution in [0.3, 0.4) is 0 Å². The van der Waals surface area contributed by atoms with Gasteiger partial charge in [-0.05, 0) is 36.9 Å². The van der Waals surface area contributed by atoms with Crippen LogP contribution in [0.25, 0.3) is 0 Å². The summed E-state index contributed by atoms with van der Waals surface area (Å²) < 4.78 is 31.7. The number of alkyl halides is 3. The zero-order valence-electron chi connectivity index (χ0n) is 15.6. The Kier molecular flexibility index (Phi) is 6.23. The Bertz CT molecular complexity index is 873. The Morgan fingerprint density at radius 1 is 1.31 bits per heavy atom. The quantitative estimate of drug-likeness (QED) is 0.812. The summed E-state index contributed by atoms with van der Waals surface area (Å²) >= 11 is 1.65. The van der Waals surface area contributed by atoms with Gasteiger partial charge in [0, 0.05) is 36.6 Å². The summed E-state index contributed by atoms with van der Waals surface area (Å²) in [5.74, 6) is -2.50. The van der Waals surface area contributed by atoms with E-state index in [1.54, 1.807) is 11.3 Å². The molecule has 0 bridgehead atoms. The van der Waals surface area contributed by atoms with Crippen molar-refractivity contribution in [1.82, 2.24) is 9.88 Å². The van der Waals surface area contributed by atoms with Gasteiger partial charge in [0.25, 0.3) is 0 Å². The Balaban J connectivity index is 0.000000298. The summed E-state index contributed by atoms with van der Waals surface area (Å²) in [4.78, 5) is 30.4. The number of amides is 1. The first-order valence-corrected chi connectivity index (χ1v) is 9.92. The van der Waals surface area contributed by atoms with Gasteiger partial charge in [-0.25, -0.2) is 4.79 Å². The van der Waals surface area contributed by atoms with Crippen LogP contribution in [-0.4, -0.2) is 51.7 Å². The third-order valence-electron chi connectivity index (χ3n) is 4.95. The molecule has 0 unspecified atom stereocenters. The highest BCUT2D eigenvalue weighted by molar-refractivity contribution is 7.08. The van der Waals surface area contributed by atoms with E-state index < -0.39 is 12.1 Å². The monoisotopic (exact) mass is 427 g/mol. The van der Waals surface area contributed by atoms with Crippen LogP contribution in [0.2, 0.25) is 0 Å². The molecule has 0 radical (unpaired) electrons. The number of carboxylic acids is 1. The lowest BCUT2D eigenvalue weighted by Gasteiger charge is -2.24. The number of carbonyl (C=O) groups is 2. The van der Waals surface area contributed by atoms with E-state index >= 15 is 0 Å². The highest BCUT2D eigenvalue weighted by atomic mass is 32.1. The van der Waals surface area contributed by atoms with E-state index in [9.17, 15) is 18.0 Å². The van der Waals surface area contributed by atoms with Crippen molar-refractivity contribution in [2.24, 2.45) is 0 Å². The van der Waals surface area contributed by atoms with Gasteiger partial charge in [0.1, 0.15) is 0 Å². The molecule has 10 heteroatoms. The van der Waals surface area contributed by atoms with Gasteiger partial charge in [-0.1, -0.05) is 6.07 Å². The number of fused-ring (bicyclic) bond motifs is 1. The largest absolute Gasteiger partial charge is 0.490 e. The van der Waals surface area contributed by atoms with Crippen LogP contribution in [-0.2, 0) is 16.1 Å². The first-order chi connectivity index (χ1) is 13.7. The molecule has 1 N–H and O–H groups in total. The molecule has 2 aromatic rings. The third-order valence-corrected chi connectivity index (χ3v) is 5.62. The second-order valence-corrected chi connectivity index (χ2v) is 7.70. The maximum Gasteiger partial charge on any atom is 0.490 e. The number of carboxylic acid groups (broad SMARTS) is 1. The van der Waals surface area contributed by atoms with E-state index in [-0.39, 0.29) is 5.91 Å². The molecular weight excluding hydrogens is 407 g/mol. The molecule has 1 amide bonds. The number of nitrogens with zero attached hydrogens (tertiary/aromatic N) is 3. The van der Waals surface area contributed by atoms with Crippen molar-refractivity contribution in [3.63, 3.8) is 0 Å². The SMILES string of the molecule is Cc1cccc(CN2CC[C@H]3[C@@H]2CC(=O)N3c2ccsc2)n1.O=C(O)C(F)(F)F. The number of aryl methyl sites for hydroxylation is 1. The molecule has 2 fully saturated rings. The minimum absolute atomic E-state index is 0.260. The molecular formula is C19H20F3N3O3S. The van der Waals surface area contributed by atoms with Crippen molar-refractivity contribution in [1.29, 1.82) is 0 Å². The average molecular weight is 427 g/mol. The first kappa shape index (κ1) is 21.3. The number of anilines is 1. The number of aromatic nitrogens is 1. The molecule has 156 valence electrons. The van der Waals surface area contributed by atoms with Crippen LogP contribution in [0.4, 0.5) is 18.9 Å². The lowest BCUT2D eigenvalue weighted by molar-refractivity contribution is -0.192. The molecule has 2 atom stereocenters. The summed E-state index contributed by atoms with van der Waals surface area (Å²) in [5, 5.41) is 11.2. The molecule has 0 aliphatic carbocycles. The summed E-state index contributed by atoms with van der Waals surface area (Å²) in [6, 6.07) is 8.86. The summed E-state index contributed by atoms with van der Waals surface area (Å²) in [5.41, 5.74) is 3.22. The standard InChI is InChI=1S/C17H19N3OS.C2HF3O2/c1-12-3-2-4-13(18-12)10-19-7-5-15-16(19)9-17(21)20(15)14-6-8-22-11-14;3-2(4,5)1(6)7/h2-4,6,8,11,15-16H,5,7,9-10H2,1H3;(H,6,7)/t15-,16-;/m0./s1. The van der Waals surface area contributed by atoms with E-state index in [0.29, 0.717) is 18.5 Å². The minimum Gasteiger partial charge on any atom is -0.475 e. The number of carbonyl (C=O) groups excluding carboxylic acids is 1. The minimum atomic E-state index is -5.08. The number of thiophene rings is 1. The van der Waals surface area contributed by atoms with Crippen LogP contribution in [0.1, 0.15) is 24.2 Å². The summed E-state index contributed by atoms with van der Waals surface area (Å²) in [7, 11) is 0. The summed E-state index contributed by atoms with van der Waals surface area (Å²) in [6.45, 7) is 3.90. The maximum absolute atomic E-state index is 12.4. The molecule has 2 aliphatic rings. The Morgan fingerprint density at radius 3 is 2.62 bits per heavy atom. The number of halogens is 3. The Hall–Kier alpha value is -2.46. The van der Waals surface area contributed by atoms with E-state index in [1.807, 2.05) is 23.3 Å². The van der Waals surface area contributed by atoms with Crippen LogP contribution in [0, 0.1) is 6.92 Å². The highest BCUT2D eigenvalue weighted by Crippen LogP contribution is 2.37. The number of rotatable bonds is 3. The smallest absolute Gasteiger partial charge is 0.475 e. The second kappa shape index (κ2) is 8.50. The van der Waals surface area contributed by atoms with Gasteiger partial charge >= 0.3 is 12.1 Å². The fraction of sp³-hybridized carbons (Fsp3) is 0.421. The molecule has 29 heavy (non-hydrogen) atoms. The van der Waals surface area contributed by atoms with E-state index in [0.717, 1.165) is 36.6 Å². The summed E-state index contributed by atoms with van der Waals surface area (Å²) in [6.07, 6.45) is -3.40. The first-order valence-electron chi connectivity index (χ1n) is 8.98. The van der Waals surface area contributed by atoms with Crippen LogP contribution in [0.5, 0.6) is 0 Å². The number of hydrogen-bond donors (Lipinski definition) is 1. The number of aliphatic carboxylic acids is 1. The zero-order chi connectivity index (χ0) is 21.2. The molecule has 2 aromatic heterocycles. The fourth-order valence-corrected chi connectivity index (χ4v) is 4.38. The fourth-order valence-electron chi connectivity index (χ4n) is 3.75. The van der Waals surface area contributed by atoms with Gasteiger partial charge in [0.15, 0.2) is 0 Å². The van der Waals surface area contributed by atoms with Gasteiger partial charge < -0.3 is 10.0 Å². The Morgan fingerprint density at radius 2 is 2.03 bits per heavy atom. The van der Waals surface area contributed by atoms with Crippen molar-refractivity contribution >= 4 is 28.9 Å². The van der Waals surface area contributed by atoms with Gasteiger partial charge in [-0.3, -0.25) is 14.7 Å². The maximum atomic E-state index is 12.4. The molecule has 6 nitrogen and oxygen atoms in total. The molecule has 2 aliphatic heterocycles. The second-order valence-electron chi connectivity index (χ2n) is 6.92. The predicted molar refractivity (Wildman–Crippen MR) is 102 cm³/mol. The molecule has 0 saturated carbocycles. The van der Waals surface area contributed by atoms with Crippen molar-refractivity contribution < 1.29 is 27.9 Å². The average Bonchev–Trinajstić information content (AvgIpc) is 3.33. The van der Waals surface area contributed by atoms with Crippen molar-refractivity contribution in [2.45, 2.75) is 44.6 Å². The van der Waals surface area contributed by atoms with Crippen molar-refractivity contribution in [3.8, 4) is 0 Å². The highest BCUT2D eigenvalue weighted by Gasteiger charge is 2.47. The third kappa shape index (κ3) is 4.94. The Labute approximate surface area is 169 Å². The van der Waals surface area contributed by atoms with Gasteiger partial charge in [-0.15, -0.1) is 0 Å². The van der Waals surface area contributed by atoms with Crippen LogP contribution < -0.4 is 4.90 Å². The van der Waals surface area contributed by atoms with Gasteiger partial charge in [0.2, 0.25) is 5.91 Å². The van der Waals surface area contributed by atoms with E-state index in [1.165, 1.54) is 0 Å². The normalized spacial score (nSPS) is 21.7. The van der Waals surface area contributed by atoms with Crippen molar-refractivity contribution in [2.75, 3.05) is 11.4 Å². The topological polar surface area (TPSA) is 73.7 Å². The zero-order valence-corrected chi connectivity index (χ0v) is 16.4. The lowest BCUT2D eigenvalue weighted by Crippen LogP contribution is -2.37. The molecule has 0 spiro atoms. The lowest BCUT2D eigenvalue weighted by atomic mass is 10.1. The van der Waals surface area contributed by atoms with E-state index in [4.69, 9.17) is 9.90 Å². The number of likely N-dealkylation sites (tertiary alicyclic amines) is 1. The van der Waals surface area contributed by atoms with Gasteiger partial charge in [0.05, 0.1) is 17.4 Å². The molecule has 2 saturated heterocycles. The molecule has 0 aromatic carbocycles. The van der Waals surface area contributed by atoms with Crippen molar-refractivity contribution in [3.05, 3.63) is 46.4 Å². The van der Waals surface area contributed by atoms with E-state index in [2.05, 4.69) is 33.5 Å². The van der Waals surface area contributed by atoms with Crippen LogP contribution in [0.15, 0.2) is 35.0 Å². The number of hydrogen-bond acceptors (Lipinski definition) is 5. The van der Waals surface area contributed by atoms with Crippen LogP contribution >= 0.6 is 11.3 Å². The van der Waals surface area contributed by atoms with Gasteiger partial charge in [-0.2, -0.15) is 24.5 Å². The molecule has 4 heterocycles.